The van der Waals surface area contributed by atoms with E-state index in [4.69, 9.17) is 11.6 Å². The molecule has 1 heterocycles. The third kappa shape index (κ3) is 4.12. The van der Waals surface area contributed by atoms with E-state index in [1.165, 1.54) is 42.5 Å². The second kappa shape index (κ2) is 7.45. The Morgan fingerprint density at radius 2 is 1.92 bits per heavy atom. The summed E-state index contributed by atoms with van der Waals surface area (Å²) >= 11 is 5.67. The molecule has 1 N–H and O–H groups in total. The van der Waals surface area contributed by atoms with Gasteiger partial charge in [-0.15, -0.1) is 0 Å². The fraction of sp³-hybridized carbons (Fsp3) is 0.0556. The number of aromatic nitrogens is 2. The maximum Gasteiger partial charge on any atom is 0.276 e. The fourth-order valence-corrected chi connectivity index (χ4v) is 2.44. The number of carbonyl (C=O) groups is 1. The Bertz CT molecular complexity index is 1040. The molecule has 0 saturated heterocycles. The summed E-state index contributed by atoms with van der Waals surface area (Å²) < 4.78 is 27.5. The number of halogens is 3. The van der Waals surface area contributed by atoms with E-state index >= 15 is 0 Å². The minimum absolute atomic E-state index is 0.0140. The van der Waals surface area contributed by atoms with Crippen LogP contribution in [0, 0.1) is 11.6 Å². The highest BCUT2D eigenvalue weighted by atomic mass is 35.5. The van der Waals surface area contributed by atoms with Crippen LogP contribution >= 0.6 is 11.6 Å². The van der Waals surface area contributed by atoms with Crippen molar-refractivity contribution in [3.05, 3.63) is 92.9 Å². The average molecular weight is 376 g/mol. The molecule has 0 aliphatic rings. The maximum absolute atomic E-state index is 13.3. The summed E-state index contributed by atoms with van der Waals surface area (Å²) in [6, 6.07) is 11.9. The Labute approximate surface area is 151 Å². The topological polar surface area (TPSA) is 64.0 Å². The van der Waals surface area contributed by atoms with Gasteiger partial charge in [0.1, 0.15) is 17.3 Å². The summed E-state index contributed by atoms with van der Waals surface area (Å²) in [7, 11) is 0. The number of amides is 1. The van der Waals surface area contributed by atoms with E-state index in [-0.39, 0.29) is 22.9 Å². The summed E-state index contributed by atoms with van der Waals surface area (Å²) in [5.41, 5.74) is 0.352. The second-order valence-corrected chi connectivity index (χ2v) is 5.83. The Kier molecular flexibility index (Phi) is 5.09. The molecule has 0 radical (unpaired) electrons. The van der Waals surface area contributed by atoms with Gasteiger partial charge in [0, 0.05) is 11.8 Å². The molecule has 0 spiro atoms. The lowest BCUT2D eigenvalue weighted by atomic mass is 10.2. The highest BCUT2D eigenvalue weighted by Crippen LogP contribution is 2.19. The molecule has 5 nitrogen and oxygen atoms in total. The summed E-state index contributed by atoms with van der Waals surface area (Å²) in [5.74, 6) is -1.63. The first-order valence-electron chi connectivity index (χ1n) is 7.51. The minimum atomic E-state index is -0.605. The van der Waals surface area contributed by atoms with Crippen molar-refractivity contribution in [2.24, 2.45) is 0 Å². The molecule has 0 atom stereocenters. The van der Waals surface area contributed by atoms with Gasteiger partial charge in [0.25, 0.3) is 11.5 Å². The number of nitrogens with one attached hydrogen (secondary N) is 1. The Balaban J connectivity index is 1.83. The number of nitrogens with zero attached hydrogens (tertiary/aromatic N) is 2. The normalized spacial score (nSPS) is 10.6. The molecule has 0 saturated carbocycles. The van der Waals surface area contributed by atoms with E-state index in [2.05, 4.69) is 10.4 Å². The first kappa shape index (κ1) is 17.8. The molecule has 0 fully saturated rings. The van der Waals surface area contributed by atoms with Gasteiger partial charge in [-0.3, -0.25) is 9.59 Å². The number of benzene rings is 2. The minimum Gasteiger partial charge on any atom is -0.321 e. The zero-order valence-electron chi connectivity index (χ0n) is 13.2. The molecule has 0 aliphatic heterocycles. The van der Waals surface area contributed by atoms with Crippen LogP contribution in [0.2, 0.25) is 5.02 Å². The molecule has 0 unspecified atom stereocenters. The van der Waals surface area contributed by atoms with Gasteiger partial charge in [0.05, 0.1) is 11.6 Å². The van der Waals surface area contributed by atoms with E-state index in [0.717, 1.165) is 10.7 Å². The van der Waals surface area contributed by atoms with Gasteiger partial charge >= 0.3 is 0 Å². The molecule has 1 aromatic heterocycles. The van der Waals surface area contributed by atoms with Gasteiger partial charge < -0.3 is 5.32 Å². The van der Waals surface area contributed by atoms with Gasteiger partial charge in [-0.1, -0.05) is 23.7 Å². The monoisotopic (exact) mass is 375 g/mol. The van der Waals surface area contributed by atoms with E-state index in [9.17, 15) is 18.4 Å². The van der Waals surface area contributed by atoms with Crippen LogP contribution in [0.15, 0.2) is 59.4 Å². The zero-order chi connectivity index (χ0) is 18.7. The number of anilines is 1. The quantitative estimate of drug-likeness (QED) is 0.759. The largest absolute Gasteiger partial charge is 0.321 e. The van der Waals surface area contributed by atoms with Crippen LogP contribution in [0.25, 0.3) is 0 Å². The van der Waals surface area contributed by atoms with Crippen molar-refractivity contribution in [1.29, 1.82) is 0 Å². The molecule has 132 valence electrons. The first-order chi connectivity index (χ1) is 12.4. The SMILES string of the molecule is O=C(Nc1ccc(F)c(Cl)c1)c1ccc(=O)n(Cc2cccc(F)c2)n1. The Hall–Kier alpha value is -3.06. The molecule has 26 heavy (non-hydrogen) atoms. The highest BCUT2D eigenvalue weighted by Gasteiger charge is 2.11. The van der Waals surface area contributed by atoms with Crippen molar-refractivity contribution >= 4 is 23.2 Å². The summed E-state index contributed by atoms with van der Waals surface area (Å²) in [6.07, 6.45) is 0. The predicted molar refractivity (Wildman–Crippen MR) is 93.4 cm³/mol. The van der Waals surface area contributed by atoms with Gasteiger partial charge in [-0.05, 0) is 42.0 Å². The highest BCUT2D eigenvalue weighted by molar-refractivity contribution is 6.31. The molecule has 3 rings (SSSR count). The van der Waals surface area contributed by atoms with Crippen molar-refractivity contribution < 1.29 is 13.6 Å². The van der Waals surface area contributed by atoms with E-state index < -0.39 is 23.1 Å². The van der Waals surface area contributed by atoms with Crippen molar-refractivity contribution in [2.45, 2.75) is 6.54 Å². The molecular weight excluding hydrogens is 364 g/mol. The third-order valence-electron chi connectivity index (χ3n) is 3.50. The van der Waals surface area contributed by atoms with Crippen LogP contribution < -0.4 is 10.9 Å². The van der Waals surface area contributed by atoms with Crippen molar-refractivity contribution in [1.82, 2.24) is 9.78 Å². The van der Waals surface area contributed by atoms with E-state index in [1.54, 1.807) is 6.07 Å². The lowest BCUT2D eigenvalue weighted by molar-refractivity contribution is 0.102. The first-order valence-corrected chi connectivity index (χ1v) is 7.89. The van der Waals surface area contributed by atoms with Crippen molar-refractivity contribution in [2.75, 3.05) is 5.32 Å². The molecule has 8 heteroatoms. The van der Waals surface area contributed by atoms with Crippen LogP contribution in [-0.2, 0) is 6.54 Å². The molecule has 1 amide bonds. The van der Waals surface area contributed by atoms with E-state index in [1.807, 2.05) is 0 Å². The Morgan fingerprint density at radius 1 is 1.12 bits per heavy atom. The van der Waals surface area contributed by atoms with Crippen LogP contribution in [-0.4, -0.2) is 15.7 Å². The standard InChI is InChI=1S/C18H12ClF2N3O2/c19-14-9-13(4-5-15(14)21)22-18(26)16-6-7-17(25)24(23-16)10-11-2-1-3-12(20)8-11/h1-9H,10H2,(H,22,26). The third-order valence-corrected chi connectivity index (χ3v) is 3.79. The van der Waals surface area contributed by atoms with Crippen LogP contribution in [0.4, 0.5) is 14.5 Å². The van der Waals surface area contributed by atoms with Gasteiger partial charge in [-0.25, -0.2) is 13.5 Å². The van der Waals surface area contributed by atoms with E-state index in [0.29, 0.717) is 5.56 Å². The van der Waals surface area contributed by atoms with Gasteiger partial charge in [0.15, 0.2) is 0 Å². The second-order valence-electron chi connectivity index (χ2n) is 5.43. The summed E-state index contributed by atoms with van der Waals surface area (Å²) in [5, 5.41) is 6.38. The van der Waals surface area contributed by atoms with Gasteiger partial charge in [-0.2, -0.15) is 5.10 Å². The van der Waals surface area contributed by atoms with Crippen LogP contribution in [0.3, 0.4) is 0 Å². The number of carbonyl (C=O) groups excluding carboxylic acids is 1. The molecule has 0 bridgehead atoms. The summed E-state index contributed by atoms with van der Waals surface area (Å²) in [6.45, 7) is 0.0140. The number of hydrogen-bond acceptors (Lipinski definition) is 3. The Morgan fingerprint density at radius 3 is 2.65 bits per heavy atom. The molecule has 0 aliphatic carbocycles. The zero-order valence-corrected chi connectivity index (χ0v) is 14.0. The number of rotatable bonds is 4. The van der Waals surface area contributed by atoms with Gasteiger partial charge in [0.2, 0.25) is 0 Å². The average Bonchev–Trinajstić information content (AvgIpc) is 2.60. The van der Waals surface area contributed by atoms with Crippen molar-refractivity contribution in [3.8, 4) is 0 Å². The lowest BCUT2D eigenvalue weighted by Crippen LogP contribution is -2.26. The lowest BCUT2D eigenvalue weighted by Gasteiger charge is -2.08. The number of hydrogen-bond donors (Lipinski definition) is 1. The molecule has 2 aromatic carbocycles. The smallest absolute Gasteiger partial charge is 0.276 e. The molecular formula is C18H12ClF2N3O2. The van der Waals surface area contributed by atoms with Crippen LogP contribution in [0.5, 0.6) is 0 Å². The predicted octanol–water partition coefficient (Wildman–Crippen LogP) is 3.48. The fourth-order valence-electron chi connectivity index (χ4n) is 2.26. The van der Waals surface area contributed by atoms with Crippen LogP contribution in [0.1, 0.15) is 16.1 Å². The molecule has 3 aromatic rings. The maximum atomic E-state index is 13.3. The summed E-state index contributed by atoms with van der Waals surface area (Å²) in [4.78, 5) is 24.2. The van der Waals surface area contributed by atoms with Crippen molar-refractivity contribution in [3.63, 3.8) is 0 Å².